The summed E-state index contributed by atoms with van der Waals surface area (Å²) >= 11 is 0. The molecule has 0 amide bonds. The van der Waals surface area contributed by atoms with Crippen LogP contribution < -0.4 is 10.8 Å². The van der Waals surface area contributed by atoms with Crippen LogP contribution in [0.1, 0.15) is 40.2 Å². The number of anilines is 2. The third kappa shape index (κ3) is 5.10. The lowest BCUT2D eigenvalue weighted by Gasteiger charge is -2.39. The van der Waals surface area contributed by atoms with E-state index in [-0.39, 0.29) is 11.0 Å². The Morgan fingerprint density at radius 3 is 2.10 bits per heavy atom. The van der Waals surface area contributed by atoms with E-state index in [0.717, 1.165) is 16.8 Å². The van der Waals surface area contributed by atoms with Gasteiger partial charge in [0.05, 0.1) is 5.60 Å². The molecule has 0 aliphatic heterocycles. The highest BCUT2D eigenvalue weighted by atomic mass is 16.5. The van der Waals surface area contributed by atoms with Crippen LogP contribution in [0.15, 0.2) is 72.8 Å². The minimum absolute atomic E-state index is 0.0475. The van der Waals surface area contributed by atoms with Gasteiger partial charge in [0.2, 0.25) is 0 Å². The maximum absolute atomic E-state index is 6.14. The van der Waals surface area contributed by atoms with Crippen molar-refractivity contribution >= 4 is 24.3 Å². The number of nitrogens with one attached hydrogen (secondary N) is 1. The van der Waals surface area contributed by atoms with Crippen molar-refractivity contribution in [3.8, 4) is 11.1 Å². The SMILES string of the molecule is Cc1ccccc1-c1ccccc1Nc1cccc([B]OC(C)(C)C(C)(C)C)c1. The smallest absolute Gasteiger partial charge is 0.330 e. The number of hydrogen-bond donors (Lipinski definition) is 1. The van der Waals surface area contributed by atoms with Gasteiger partial charge in [-0.25, -0.2) is 0 Å². The molecule has 1 N–H and O–H groups in total. The van der Waals surface area contributed by atoms with Gasteiger partial charge in [0.15, 0.2) is 0 Å². The molecule has 1 radical (unpaired) electrons. The van der Waals surface area contributed by atoms with E-state index in [9.17, 15) is 0 Å². The van der Waals surface area contributed by atoms with E-state index in [0.29, 0.717) is 0 Å². The van der Waals surface area contributed by atoms with Crippen LogP contribution in [0.4, 0.5) is 11.4 Å². The summed E-state index contributed by atoms with van der Waals surface area (Å²) in [5, 5.41) is 3.59. The van der Waals surface area contributed by atoms with Crippen molar-refractivity contribution in [2.45, 2.75) is 47.1 Å². The second kappa shape index (κ2) is 8.46. The Labute approximate surface area is 176 Å². The fourth-order valence-electron chi connectivity index (χ4n) is 2.94. The standard InChI is InChI=1S/C26H31BNO/c1-19-12-7-8-15-22(19)23-16-9-10-17-24(23)28-21-14-11-13-20(18-21)27-29-26(5,6)25(2,3)4/h7-18,28H,1-6H3. The predicted molar refractivity (Wildman–Crippen MR) is 126 cm³/mol. The van der Waals surface area contributed by atoms with Crippen LogP contribution in [0.25, 0.3) is 11.1 Å². The molecule has 29 heavy (non-hydrogen) atoms. The van der Waals surface area contributed by atoms with Gasteiger partial charge < -0.3 is 9.97 Å². The van der Waals surface area contributed by atoms with Crippen molar-refractivity contribution in [3.05, 3.63) is 78.4 Å². The van der Waals surface area contributed by atoms with Crippen molar-refractivity contribution in [2.24, 2.45) is 5.41 Å². The number of rotatable bonds is 6. The molecule has 3 heteroatoms. The molecule has 0 aliphatic carbocycles. The molecule has 0 aliphatic rings. The molecule has 0 saturated heterocycles. The first-order chi connectivity index (χ1) is 13.7. The predicted octanol–water partition coefficient (Wildman–Crippen LogP) is 6.49. The van der Waals surface area contributed by atoms with Gasteiger partial charge in [-0.2, -0.15) is 0 Å². The molecule has 2 nitrogen and oxygen atoms in total. The molecule has 149 valence electrons. The fourth-order valence-corrected chi connectivity index (χ4v) is 2.94. The van der Waals surface area contributed by atoms with Crippen LogP contribution in [-0.4, -0.2) is 13.1 Å². The summed E-state index contributed by atoms with van der Waals surface area (Å²) in [4.78, 5) is 0. The van der Waals surface area contributed by atoms with E-state index in [1.807, 2.05) is 7.48 Å². The van der Waals surface area contributed by atoms with Gasteiger partial charge in [0, 0.05) is 16.9 Å². The Morgan fingerprint density at radius 2 is 1.41 bits per heavy atom. The Morgan fingerprint density at radius 1 is 0.759 bits per heavy atom. The highest BCUT2D eigenvalue weighted by molar-refractivity contribution is 6.47. The molecule has 0 heterocycles. The largest absolute Gasteiger partial charge is 0.429 e. The molecule has 0 fully saturated rings. The normalized spacial score (nSPS) is 11.9. The second-order valence-corrected chi connectivity index (χ2v) is 9.11. The lowest BCUT2D eigenvalue weighted by atomic mass is 9.76. The van der Waals surface area contributed by atoms with Crippen LogP contribution in [-0.2, 0) is 4.65 Å². The van der Waals surface area contributed by atoms with Crippen LogP contribution >= 0.6 is 0 Å². The highest BCUT2D eigenvalue weighted by Gasteiger charge is 2.33. The summed E-state index contributed by atoms with van der Waals surface area (Å²) in [6, 6.07) is 25.2. The Hall–Kier alpha value is -2.52. The summed E-state index contributed by atoms with van der Waals surface area (Å²) in [7, 11) is 1.86. The molecule has 0 atom stereocenters. The van der Waals surface area contributed by atoms with Crippen molar-refractivity contribution < 1.29 is 4.65 Å². The lowest BCUT2D eigenvalue weighted by Crippen LogP contribution is -2.42. The zero-order chi connectivity index (χ0) is 21.1. The van der Waals surface area contributed by atoms with Gasteiger partial charge >= 0.3 is 7.48 Å². The van der Waals surface area contributed by atoms with Gasteiger partial charge in [0.1, 0.15) is 0 Å². The monoisotopic (exact) mass is 384 g/mol. The number of benzene rings is 3. The minimum Gasteiger partial charge on any atom is -0.429 e. The summed E-state index contributed by atoms with van der Waals surface area (Å²) in [5.74, 6) is 0. The average molecular weight is 384 g/mol. The average Bonchev–Trinajstić information content (AvgIpc) is 2.67. The van der Waals surface area contributed by atoms with E-state index in [2.05, 4.69) is 120 Å². The van der Waals surface area contributed by atoms with Crippen molar-refractivity contribution in [3.63, 3.8) is 0 Å². The molecular formula is C26H31BNO. The van der Waals surface area contributed by atoms with Crippen molar-refractivity contribution in [1.82, 2.24) is 0 Å². The third-order valence-corrected chi connectivity index (χ3v) is 5.82. The zero-order valence-electron chi connectivity index (χ0n) is 18.4. The Bertz CT molecular complexity index is 972. The van der Waals surface area contributed by atoms with Gasteiger partial charge in [-0.3, -0.25) is 0 Å². The zero-order valence-corrected chi connectivity index (χ0v) is 18.4. The molecule has 0 saturated carbocycles. The van der Waals surface area contributed by atoms with Crippen LogP contribution in [0, 0.1) is 12.3 Å². The first kappa shape index (κ1) is 21.2. The van der Waals surface area contributed by atoms with Gasteiger partial charge in [-0.05, 0) is 55.5 Å². The number of hydrogen-bond acceptors (Lipinski definition) is 2. The lowest BCUT2D eigenvalue weighted by molar-refractivity contribution is 0.00504. The molecule has 3 aromatic rings. The van der Waals surface area contributed by atoms with Crippen LogP contribution in [0.5, 0.6) is 0 Å². The van der Waals surface area contributed by atoms with Crippen LogP contribution in [0.2, 0.25) is 0 Å². The number of aryl methyl sites for hydroxylation is 1. The Balaban J connectivity index is 1.81. The summed E-state index contributed by atoms with van der Waals surface area (Å²) in [6.45, 7) is 13.0. The maximum Gasteiger partial charge on any atom is 0.330 e. The van der Waals surface area contributed by atoms with E-state index in [4.69, 9.17) is 4.65 Å². The summed E-state index contributed by atoms with van der Waals surface area (Å²) in [5.41, 5.74) is 6.67. The molecule has 3 aromatic carbocycles. The van der Waals surface area contributed by atoms with Crippen molar-refractivity contribution in [2.75, 3.05) is 5.32 Å². The fraction of sp³-hybridized carbons (Fsp3) is 0.308. The molecular weight excluding hydrogens is 353 g/mol. The first-order valence-electron chi connectivity index (χ1n) is 10.2. The molecule has 0 aromatic heterocycles. The van der Waals surface area contributed by atoms with E-state index < -0.39 is 0 Å². The molecule has 0 spiro atoms. The van der Waals surface area contributed by atoms with E-state index in [1.165, 1.54) is 16.7 Å². The maximum atomic E-state index is 6.14. The van der Waals surface area contributed by atoms with Crippen molar-refractivity contribution in [1.29, 1.82) is 0 Å². The van der Waals surface area contributed by atoms with E-state index in [1.54, 1.807) is 0 Å². The topological polar surface area (TPSA) is 21.3 Å². The van der Waals surface area contributed by atoms with Gasteiger partial charge in [-0.1, -0.05) is 80.8 Å². The quantitative estimate of drug-likeness (QED) is 0.491. The Kier molecular flexibility index (Phi) is 6.19. The third-order valence-electron chi connectivity index (χ3n) is 5.82. The highest BCUT2D eigenvalue weighted by Crippen LogP contribution is 2.33. The first-order valence-corrected chi connectivity index (χ1v) is 10.2. The molecule has 0 unspecified atom stereocenters. The molecule has 3 rings (SSSR count). The van der Waals surface area contributed by atoms with Crippen LogP contribution in [0.3, 0.4) is 0 Å². The summed E-state index contributed by atoms with van der Waals surface area (Å²) < 4.78 is 6.14. The minimum atomic E-state index is -0.256. The molecule has 0 bridgehead atoms. The second-order valence-electron chi connectivity index (χ2n) is 9.11. The summed E-state index contributed by atoms with van der Waals surface area (Å²) in [6.07, 6.45) is 0. The van der Waals surface area contributed by atoms with Gasteiger partial charge in [-0.15, -0.1) is 0 Å². The number of para-hydroxylation sites is 1. The van der Waals surface area contributed by atoms with Gasteiger partial charge in [0.25, 0.3) is 0 Å². The van der Waals surface area contributed by atoms with E-state index >= 15 is 0 Å².